The van der Waals surface area contributed by atoms with Gasteiger partial charge in [0.05, 0.1) is 17.7 Å². The number of carbonyl (C=O) groups excluding carboxylic acids is 1. The van der Waals surface area contributed by atoms with E-state index in [0.29, 0.717) is 30.0 Å². The first-order chi connectivity index (χ1) is 8.97. The van der Waals surface area contributed by atoms with Crippen molar-refractivity contribution in [2.24, 2.45) is 5.73 Å². The Labute approximate surface area is 123 Å². The summed E-state index contributed by atoms with van der Waals surface area (Å²) in [7, 11) is 3.29. The highest BCUT2D eigenvalue weighted by atomic mass is 35.5. The molecule has 0 heterocycles. The molecule has 1 aromatic rings. The van der Waals surface area contributed by atoms with Gasteiger partial charge in [0.25, 0.3) is 0 Å². The van der Waals surface area contributed by atoms with Crippen LogP contribution >= 0.6 is 23.8 Å². The van der Waals surface area contributed by atoms with E-state index in [-0.39, 0.29) is 11.0 Å². The summed E-state index contributed by atoms with van der Waals surface area (Å²) in [6.07, 6.45) is 1.07. The zero-order valence-electron chi connectivity index (χ0n) is 11.0. The molecule has 104 valence electrons. The molecule has 0 aromatic heterocycles. The quantitative estimate of drug-likeness (QED) is 0.646. The number of hydrogen-bond donors (Lipinski definition) is 1. The SMILES string of the molecule is COC(=O)CCCN(C)c1cccc(Cl)c1C(N)=S. The fourth-order valence-corrected chi connectivity index (χ4v) is 2.30. The number of anilines is 1. The van der Waals surface area contributed by atoms with Crippen LogP contribution in [0.2, 0.25) is 5.02 Å². The Bertz CT molecular complexity index is 480. The predicted molar refractivity (Wildman–Crippen MR) is 81.9 cm³/mol. The Morgan fingerprint density at radius 2 is 2.21 bits per heavy atom. The molecule has 0 bridgehead atoms. The molecule has 0 amide bonds. The fraction of sp³-hybridized carbons (Fsp3) is 0.385. The first-order valence-corrected chi connectivity index (χ1v) is 6.62. The van der Waals surface area contributed by atoms with Crippen molar-refractivity contribution in [1.29, 1.82) is 0 Å². The zero-order chi connectivity index (χ0) is 14.4. The number of nitrogens with zero attached hydrogens (tertiary/aromatic N) is 1. The molecule has 0 atom stereocenters. The fourth-order valence-electron chi connectivity index (χ4n) is 1.76. The summed E-state index contributed by atoms with van der Waals surface area (Å²) in [5.41, 5.74) is 7.23. The van der Waals surface area contributed by atoms with Gasteiger partial charge in [0.2, 0.25) is 0 Å². The average molecular weight is 301 g/mol. The molecule has 1 rings (SSSR count). The van der Waals surface area contributed by atoms with E-state index in [1.54, 1.807) is 6.07 Å². The summed E-state index contributed by atoms with van der Waals surface area (Å²) in [6, 6.07) is 5.50. The van der Waals surface area contributed by atoms with E-state index in [9.17, 15) is 4.79 Å². The second-order valence-electron chi connectivity index (χ2n) is 4.10. The molecule has 0 aliphatic rings. The van der Waals surface area contributed by atoms with Crippen molar-refractivity contribution in [3.63, 3.8) is 0 Å². The summed E-state index contributed by atoms with van der Waals surface area (Å²) in [6.45, 7) is 0.686. The van der Waals surface area contributed by atoms with Gasteiger partial charge in [-0.1, -0.05) is 29.9 Å². The summed E-state index contributed by atoms with van der Waals surface area (Å²) < 4.78 is 4.60. The second kappa shape index (κ2) is 7.31. The summed E-state index contributed by atoms with van der Waals surface area (Å²) in [5.74, 6) is -0.214. The van der Waals surface area contributed by atoms with E-state index in [2.05, 4.69) is 4.74 Å². The molecule has 0 unspecified atom stereocenters. The molecule has 6 heteroatoms. The largest absolute Gasteiger partial charge is 0.469 e. The number of thiocarbonyl (C=S) groups is 1. The van der Waals surface area contributed by atoms with Gasteiger partial charge in [-0.05, 0) is 18.6 Å². The lowest BCUT2D eigenvalue weighted by molar-refractivity contribution is -0.140. The monoisotopic (exact) mass is 300 g/mol. The molecule has 4 nitrogen and oxygen atoms in total. The van der Waals surface area contributed by atoms with Crippen molar-refractivity contribution in [3.05, 3.63) is 28.8 Å². The normalized spacial score (nSPS) is 10.1. The van der Waals surface area contributed by atoms with Crippen LogP contribution in [0.25, 0.3) is 0 Å². The first-order valence-electron chi connectivity index (χ1n) is 5.83. The van der Waals surface area contributed by atoms with Crippen molar-refractivity contribution in [3.8, 4) is 0 Å². The highest BCUT2D eigenvalue weighted by Gasteiger charge is 2.13. The van der Waals surface area contributed by atoms with Crippen LogP contribution in [0.4, 0.5) is 5.69 Å². The predicted octanol–water partition coefficient (Wildman–Crippen LogP) is 2.36. The van der Waals surface area contributed by atoms with E-state index < -0.39 is 0 Å². The number of esters is 1. The van der Waals surface area contributed by atoms with Crippen LogP contribution in [0, 0.1) is 0 Å². The molecule has 19 heavy (non-hydrogen) atoms. The highest BCUT2D eigenvalue weighted by molar-refractivity contribution is 7.80. The van der Waals surface area contributed by atoms with Gasteiger partial charge in [0, 0.05) is 25.7 Å². The Hall–Kier alpha value is -1.33. The second-order valence-corrected chi connectivity index (χ2v) is 4.95. The van der Waals surface area contributed by atoms with Crippen LogP contribution in [-0.4, -0.2) is 31.7 Å². The van der Waals surface area contributed by atoms with Crippen LogP contribution in [0.1, 0.15) is 18.4 Å². The minimum Gasteiger partial charge on any atom is -0.469 e. The standard InChI is InChI=1S/C13H17ClN2O2S/c1-16(8-4-7-11(17)18-2)10-6-3-5-9(14)12(10)13(15)19/h3,5-6H,4,7-8H2,1-2H3,(H2,15,19). The number of nitrogens with two attached hydrogens (primary N) is 1. The van der Waals surface area contributed by atoms with Crippen molar-refractivity contribution < 1.29 is 9.53 Å². The lowest BCUT2D eigenvalue weighted by atomic mass is 10.1. The highest BCUT2D eigenvalue weighted by Crippen LogP contribution is 2.27. The Morgan fingerprint density at radius 3 is 2.79 bits per heavy atom. The average Bonchev–Trinajstić information content (AvgIpc) is 2.37. The van der Waals surface area contributed by atoms with Crippen LogP contribution < -0.4 is 10.6 Å². The lowest BCUT2D eigenvalue weighted by Crippen LogP contribution is -2.23. The molecule has 2 N–H and O–H groups in total. The third kappa shape index (κ3) is 4.36. The Morgan fingerprint density at radius 1 is 1.53 bits per heavy atom. The molecule has 0 aliphatic carbocycles. The van der Waals surface area contributed by atoms with Crippen LogP contribution in [0.15, 0.2) is 18.2 Å². The number of rotatable bonds is 6. The number of ether oxygens (including phenoxy) is 1. The smallest absolute Gasteiger partial charge is 0.305 e. The maximum atomic E-state index is 11.1. The molecule has 0 spiro atoms. The molecule has 1 aromatic carbocycles. The van der Waals surface area contributed by atoms with Gasteiger partial charge in [-0.3, -0.25) is 4.79 Å². The lowest BCUT2D eigenvalue weighted by Gasteiger charge is -2.22. The summed E-state index contributed by atoms with van der Waals surface area (Å²) >= 11 is 11.1. The Kier molecular flexibility index (Phi) is 6.05. The number of benzene rings is 1. The van der Waals surface area contributed by atoms with E-state index in [0.717, 1.165) is 5.69 Å². The van der Waals surface area contributed by atoms with Gasteiger partial charge >= 0.3 is 5.97 Å². The van der Waals surface area contributed by atoms with Crippen molar-refractivity contribution in [2.45, 2.75) is 12.8 Å². The van der Waals surface area contributed by atoms with E-state index in [4.69, 9.17) is 29.6 Å². The van der Waals surface area contributed by atoms with Crippen LogP contribution in [0.3, 0.4) is 0 Å². The van der Waals surface area contributed by atoms with Gasteiger partial charge in [-0.25, -0.2) is 0 Å². The van der Waals surface area contributed by atoms with Gasteiger partial charge < -0.3 is 15.4 Å². The number of carbonyl (C=O) groups is 1. The molecule has 0 aliphatic heterocycles. The number of methoxy groups -OCH3 is 1. The van der Waals surface area contributed by atoms with Crippen molar-refractivity contribution >= 4 is 40.5 Å². The topological polar surface area (TPSA) is 55.6 Å². The van der Waals surface area contributed by atoms with Gasteiger partial charge in [0.1, 0.15) is 4.99 Å². The summed E-state index contributed by atoms with van der Waals surface area (Å²) in [5, 5.41) is 0.532. The van der Waals surface area contributed by atoms with Crippen LogP contribution in [-0.2, 0) is 9.53 Å². The van der Waals surface area contributed by atoms with E-state index in [1.165, 1.54) is 7.11 Å². The van der Waals surface area contributed by atoms with E-state index >= 15 is 0 Å². The number of hydrogen-bond acceptors (Lipinski definition) is 4. The molecule has 0 saturated carbocycles. The van der Waals surface area contributed by atoms with Crippen molar-refractivity contribution in [2.75, 3.05) is 25.6 Å². The zero-order valence-corrected chi connectivity index (χ0v) is 12.6. The molecule has 0 fully saturated rings. The van der Waals surface area contributed by atoms with Crippen LogP contribution in [0.5, 0.6) is 0 Å². The van der Waals surface area contributed by atoms with E-state index in [1.807, 2.05) is 24.1 Å². The third-order valence-corrected chi connectivity index (χ3v) is 3.27. The Balaban J connectivity index is 2.77. The maximum Gasteiger partial charge on any atom is 0.305 e. The van der Waals surface area contributed by atoms with Gasteiger partial charge in [-0.2, -0.15) is 0 Å². The third-order valence-electron chi connectivity index (χ3n) is 2.75. The molecule has 0 radical (unpaired) electrons. The molecular weight excluding hydrogens is 284 g/mol. The first kappa shape index (κ1) is 15.7. The summed E-state index contributed by atoms with van der Waals surface area (Å²) in [4.78, 5) is 13.3. The van der Waals surface area contributed by atoms with Gasteiger partial charge in [0.15, 0.2) is 0 Å². The molecular formula is C13H17ClN2O2S. The minimum atomic E-state index is -0.214. The van der Waals surface area contributed by atoms with Gasteiger partial charge in [-0.15, -0.1) is 0 Å². The maximum absolute atomic E-state index is 11.1. The minimum absolute atomic E-state index is 0.214. The molecule has 0 saturated heterocycles. The van der Waals surface area contributed by atoms with Crippen molar-refractivity contribution in [1.82, 2.24) is 0 Å². The number of halogens is 1.